The number of carbonyl (C=O) groups is 1. The summed E-state index contributed by atoms with van der Waals surface area (Å²) in [7, 11) is 0. The minimum Gasteiger partial charge on any atom is -0.466 e. The van der Waals surface area contributed by atoms with Gasteiger partial charge in [0.2, 0.25) is 0 Å². The van der Waals surface area contributed by atoms with E-state index in [-0.39, 0.29) is 5.97 Å². The van der Waals surface area contributed by atoms with Gasteiger partial charge in [-0.3, -0.25) is 4.79 Å². The number of carbonyl (C=O) groups excluding carboxylic acids is 1. The zero-order chi connectivity index (χ0) is 12.1. The van der Waals surface area contributed by atoms with Gasteiger partial charge in [0.25, 0.3) is 0 Å². The number of unbranched alkanes of at least 4 members (excludes halogenated alkanes) is 1. The Bertz CT molecular complexity index is 159. The van der Waals surface area contributed by atoms with Crippen molar-refractivity contribution in [1.29, 1.82) is 0 Å². The molecule has 0 unspecified atom stereocenters. The van der Waals surface area contributed by atoms with Crippen LogP contribution in [0.15, 0.2) is 0 Å². The maximum atomic E-state index is 10.4. The average molecular weight is 232 g/mol. The van der Waals surface area contributed by atoms with E-state index in [1.54, 1.807) is 0 Å². The number of ether oxygens (including phenoxy) is 3. The molecule has 0 aromatic carbocycles. The monoisotopic (exact) mass is 232 g/mol. The molecule has 0 aliphatic rings. The molecule has 16 heavy (non-hydrogen) atoms. The molecule has 0 radical (unpaired) electrons. The predicted octanol–water partition coefficient (Wildman–Crippen LogP) is 2.16. The van der Waals surface area contributed by atoms with Crippen molar-refractivity contribution in [2.24, 2.45) is 0 Å². The molecule has 0 heterocycles. The Morgan fingerprint density at radius 1 is 0.875 bits per heavy atom. The smallest absolute Gasteiger partial charge is 0.302 e. The molecular weight excluding hydrogens is 208 g/mol. The van der Waals surface area contributed by atoms with E-state index >= 15 is 0 Å². The zero-order valence-electron chi connectivity index (χ0n) is 10.5. The van der Waals surface area contributed by atoms with Crippen LogP contribution < -0.4 is 0 Å². The third kappa shape index (κ3) is 13.4. The summed E-state index contributed by atoms with van der Waals surface area (Å²) in [5.41, 5.74) is 0. The van der Waals surface area contributed by atoms with Crippen LogP contribution >= 0.6 is 0 Å². The van der Waals surface area contributed by atoms with Crippen molar-refractivity contribution in [2.45, 2.75) is 39.5 Å². The zero-order valence-corrected chi connectivity index (χ0v) is 10.5. The molecule has 0 rings (SSSR count). The van der Waals surface area contributed by atoms with Crippen LogP contribution in [0.5, 0.6) is 0 Å². The standard InChI is InChI=1S/C12H24O4/c1-3-7-14-9-6-10-15-8-4-5-11-16-12(2)13/h3-11H2,1-2H3. The van der Waals surface area contributed by atoms with Crippen LogP contribution in [0.2, 0.25) is 0 Å². The fourth-order valence-electron chi connectivity index (χ4n) is 1.13. The van der Waals surface area contributed by atoms with Gasteiger partial charge in [-0.1, -0.05) is 6.92 Å². The highest BCUT2D eigenvalue weighted by Gasteiger charge is 1.94. The highest BCUT2D eigenvalue weighted by atomic mass is 16.5. The summed E-state index contributed by atoms with van der Waals surface area (Å²) in [5.74, 6) is -0.214. The van der Waals surface area contributed by atoms with E-state index in [1.165, 1.54) is 6.92 Å². The second kappa shape index (κ2) is 12.5. The summed E-state index contributed by atoms with van der Waals surface area (Å²) in [4.78, 5) is 10.4. The molecule has 0 saturated carbocycles. The van der Waals surface area contributed by atoms with Crippen LogP contribution in [0.3, 0.4) is 0 Å². The van der Waals surface area contributed by atoms with Crippen LogP contribution in [-0.4, -0.2) is 39.0 Å². The molecule has 4 heteroatoms. The van der Waals surface area contributed by atoms with Gasteiger partial charge in [0, 0.05) is 33.4 Å². The van der Waals surface area contributed by atoms with Gasteiger partial charge in [-0.25, -0.2) is 0 Å². The van der Waals surface area contributed by atoms with Crippen molar-refractivity contribution in [2.75, 3.05) is 33.0 Å². The fraction of sp³-hybridized carbons (Fsp3) is 0.917. The van der Waals surface area contributed by atoms with Gasteiger partial charge in [-0.05, 0) is 25.7 Å². The lowest BCUT2D eigenvalue weighted by atomic mass is 10.3. The fourth-order valence-corrected chi connectivity index (χ4v) is 1.13. The van der Waals surface area contributed by atoms with E-state index in [0.717, 1.165) is 52.1 Å². The Morgan fingerprint density at radius 2 is 1.44 bits per heavy atom. The molecule has 0 aliphatic carbocycles. The topological polar surface area (TPSA) is 44.8 Å². The van der Waals surface area contributed by atoms with Crippen molar-refractivity contribution >= 4 is 5.97 Å². The van der Waals surface area contributed by atoms with E-state index < -0.39 is 0 Å². The first-order valence-corrected chi connectivity index (χ1v) is 6.06. The lowest BCUT2D eigenvalue weighted by Crippen LogP contribution is -2.04. The van der Waals surface area contributed by atoms with Crippen LogP contribution in [0.4, 0.5) is 0 Å². The van der Waals surface area contributed by atoms with E-state index in [9.17, 15) is 4.79 Å². The first kappa shape index (κ1) is 15.4. The van der Waals surface area contributed by atoms with E-state index in [0.29, 0.717) is 6.61 Å². The summed E-state index contributed by atoms with van der Waals surface area (Å²) in [5, 5.41) is 0. The number of hydrogen-bond donors (Lipinski definition) is 0. The molecule has 0 amide bonds. The van der Waals surface area contributed by atoms with Crippen molar-refractivity contribution in [3.8, 4) is 0 Å². The predicted molar refractivity (Wildman–Crippen MR) is 62.4 cm³/mol. The first-order valence-electron chi connectivity index (χ1n) is 6.06. The third-order valence-electron chi connectivity index (χ3n) is 1.91. The van der Waals surface area contributed by atoms with E-state index in [4.69, 9.17) is 14.2 Å². The van der Waals surface area contributed by atoms with Gasteiger partial charge in [0.15, 0.2) is 0 Å². The molecule has 96 valence electrons. The molecule has 0 spiro atoms. The van der Waals surface area contributed by atoms with E-state index in [1.807, 2.05) is 0 Å². The van der Waals surface area contributed by atoms with Gasteiger partial charge >= 0.3 is 5.97 Å². The largest absolute Gasteiger partial charge is 0.466 e. The van der Waals surface area contributed by atoms with Gasteiger partial charge < -0.3 is 14.2 Å². The van der Waals surface area contributed by atoms with Crippen molar-refractivity contribution < 1.29 is 19.0 Å². The molecule has 0 bridgehead atoms. The van der Waals surface area contributed by atoms with Crippen molar-refractivity contribution in [3.63, 3.8) is 0 Å². The molecule has 0 N–H and O–H groups in total. The average Bonchev–Trinajstić information content (AvgIpc) is 2.25. The van der Waals surface area contributed by atoms with Crippen LogP contribution in [0.25, 0.3) is 0 Å². The van der Waals surface area contributed by atoms with Crippen LogP contribution in [0, 0.1) is 0 Å². The molecule has 0 aromatic rings. The Balaban J connectivity index is 2.90. The van der Waals surface area contributed by atoms with Crippen LogP contribution in [0.1, 0.15) is 39.5 Å². The molecule has 0 aliphatic heterocycles. The SMILES string of the molecule is CCCOCCCOCCCCOC(C)=O. The molecular formula is C12H24O4. The van der Waals surface area contributed by atoms with Gasteiger partial charge in [0.1, 0.15) is 0 Å². The van der Waals surface area contributed by atoms with Crippen molar-refractivity contribution in [1.82, 2.24) is 0 Å². The maximum absolute atomic E-state index is 10.4. The van der Waals surface area contributed by atoms with E-state index in [2.05, 4.69) is 6.92 Å². The Hall–Kier alpha value is -0.610. The van der Waals surface area contributed by atoms with Gasteiger partial charge in [-0.15, -0.1) is 0 Å². The molecule has 0 saturated heterocycles. The lowest BCUT2D eigenvalue weighted by Gasteiger charge is -2.05. The number of rotatable bonds is 11. The second-order valence-corrected chi connectivity index (χ2v) is 3.63. The number of hydrogen-bond acceptors (Lipinski definition) is 4. The van der Waals surface area contributed by atoms with Crippen LogP contribution in [-0.2, 0) is 19.0 Å². The summed E-state index contributed by atoms with van der Waals surface area (Å²) >= 11 is 0. The Kier molecular flexibility index (Phi) is 12.0. The van der Waals surface area contributed by atoms with Gasteiger partial charge in [0.05, 0.1) is 6.61 Å². The minimum absolute atomic E-state index is 0.214. The van der Waals surface area contributed by atoms with Crippen molar-refractivity contribution in [3.05, 3.63) is 0 Å². The summed E-state index contributed by atoms with van der Waals surface area (Å²) in [6, 6.07) is 0. The normalized spacial score (nSPS) is 10.4. The highest BCUT2D eigenvalue weighted by molar-refractivity contribution is 5.65. The number of esters is 1. The van der Waals surface area contributed by atoms with Gasteiger partial charge in [-0.2, -0.15) is 0 Å². The first-order chi connectivity index (χ1) is 7.77. The quantitative estimate of drug-likeness (QED) is 0.404. The second-order valence-electron chi connectivity index (χ2n) is 3.63. The maximum Gasteiger partial charge on any atom is 0.302 e. The highest BCUT2D eigenvalue weighted by Crippen LogP contribution is 1.93. The molecule has 4 nitrogen and oxygen atoms in total. The molecule has 0 aromatic heterocycles. The Labute approximate surface area is 98.3 Å². The summed E-state index contributed by atoms with van der Waals surface area (Å²) < 4.78 is 15.5. The molecule has 0 atom stereocenters. The lowest BCUT2D eigenvalue weighted by molar-refractivity contribution is -0.141. The third-order valence-corrected chi connectivity index (χ3v) is 1.91. The minimum atomic E-state index is -0.214. The summed E-state index contributed by atoms with van der Waals surface area (Å²) in [6.45, 7) is 7.11. The molecule has 0 fully saturated rings. The summed E-state index contributed by atoms with van der Waals surface area (Å²) in [6.07, 6.45) is 3.82. The Morgan fingerprint density at radius 3 is 2.06 bits per heavy atom.